The molecule has 0 aromatic heterocycles. The van der Waals surface area contributed by atoms with E-state index >= 15 is 0 Å². The highest BCUT2D eigenvalue weighted by Crippen LogP contribution is 2.26. The fourth-order valence-electron chi connectivity index (χ4n) is 1.85. The van der Waals surface area contributed by atoms with E-state index in [1.165, 1.54) is 0 Å². The molecule has 4 heteroatoms. The van der Waals surface area contributed by atoms with Gasteiger partial charge < -0.3 is 14.6 Å². The van der Waals surface area contributed by atoms with Crippen LogP contribution in [-0.2, 0) is 9.47 Å². The van der Waals surface area contributed by atoms with Crippen molar-refractivity contribution < 1.29 is 14.6 Å². The second kappa shape index (κ2) is 7.10. The van der Waals surface area contributed by atoms with Crippen molar-refractivity contribution in [3.63, 3.8) is 0 Å². The van der Waals surface area contributed by atoms with Gasteiger partial charge in [0.15, 0.2) is 11.9 Å². The molecule has 0 saturated carbocycles. The summed E-state index contributed by atoms with van der Waals surface area (Å²) in [5, 5.41) is 8.97. The zero-order valence-electron chi connectivity index (χ0n) is 10.4. The van der Waals surface area contributed by atoms with E-state index in [1.54, 1.807) is 0 Å². The predicted octanol–water partition coefficient (Wildman–Crippen LogP) is 1.97. The van der Waals surface area contributed by atoms with Crippen LogP contribution in [0.5, 0.6) is 0 Å². The second-order valence-electron chi connectivity index (χ2n) is 3.71. The van der Waals surface area contributed by atoms with Crippen LogP contribution < -0.4 is 0 Å². The number of hydrogen-bond donors (Lipinski definition) is 1. The Labute approximate surface area is 102 Å². The molecule has 0 amide bonds. The Morgan fingerprint density at radius 3 is 2.71 bits per heavy atom. The quantitative estimate of drug-likeness (QED) is 0.769. The molecule has 2 atom stereocenters. The third-order valence-electron chi connectivity index (χ3n) is 2.54. The van der Waals surface area contributed by atoms with Gasteiger partial charge in [0.1, 0.15) is 0 Å². The maximum Gasteiger partial charge on any atom is 0.356 e. The van der Waals surface area contributed by atoms with Crippen LogP contribution >= 0.6 is 0 Å². The monoisotopic (exact) mass is 238 g/mol. The zero-order chi connectivity index (χ0) is 12.7. The third-order valence-corrected chi connectivity index (χ3v) is 2.54. The summed E-state index contributed by atoms with van der Waals surface area (Å²) in [7, 11) is 0. The maximum atomic E-state index is 8.97. The minimum Gasteiger partial charge on any atom is -0.490 e. The molecule has 17 heavy (non-hydrogen) atoms. The minimum absolute atomic E-state index is 0.102. The molecule has 0 aromatic rings. The van der Waals surface area contributed by atoms with Gasteiger partial charge in [0.2, 0.25) is 0 Å². The molecule has 0 bridgehead atoms. The van der Waals surface area contributed by atoms with Crippen molar-refractivity contribution in [1.82, 2.24) is 0 Å². The Balaban J connectivity index is 2.91. The first-order valence-corrected chi connectivity index (χ1v) is 5.94. The highest BCUT2D eigenvalue weighted by atomic mass is 16.5. The zero-order valence-corrected chi connectivity index (χ0v) is 10.4. The van der Waals surface area contributed by atoms with Crippen LogP contribution in [-0.4, -0.2) is 37.1 Å². The molecule has 0 aromatic carbocycles. The van der Waals surface area contributed by atoms with Gasteiger partial charge in [-0.15, -0.1) is 0 Å². The van der Waals surface area contributed by atoms with E-state index in [4.69, 9.17) is 21.2 Å². The molecule has 0 radical (unpaired) electrons. The molecule has 4 nitrogen and oxygen atoms in total. The lowest BCUT2D eigenvalue weighted by molar-refractivity contribution is 0.0729. The first kappa shape index (κ1) is 13.8. The highest BCUT2D eigenvalue weighted by Gasteiger charge is 2.37. The molecule has 2 unspecified atom stereocenters. The number of rotatable bonds is 6. The molecular weight excluding hydrogens is 218 g/mol. The summed E-state index contributed by atoms with van der Waals surface area (Å²) in [4.78, 5) is 3.82. The number of ether oxygens (including phenoxy) is 2. The van der Waals surface area contributed by atoms with Crippen LogP contribution in [0.2, 0.25) is 0 Å². The fourth-order valence-corrected chi connectivity index (χ4v) is 1.85. The fraction of sp³-hybridized carbons (Fsp3) is 0.615. The highest BCUT2D eigenvalue weighted by molar-refractivity contribution is 5.34. The van der Waals surface area contributed by atoms with Gasteiger partial charge in [-0.1, -0.05) is 4.85 Å². The summed E-state index contributed by atoms with van der Waals surface area (Å²) in [5.41, 5.74) is 0.995. The molecule has 1 aliphatic rings. The van der Waals surface area contributed by atoms with Gasteiger partial charge in [-0.3, -0.25) is 0 Å². The summed E-state index contributed by atoms with van der Waals surface area (Å²) in [6.07, 6.45) is 4.20. The Kier molecular flexibility index (Phi) is 5.75. The van der Waals surface area contributed by atoms with Gasteiger partial charge in [-0.25, -0.2) is 0 Å². The number of hydrogen-bond acceptors (Lipinski definition) is 3. The van der Waals surface area contributed by atoms with Gasteiger partial charge >= 0.3 is 6.04 Å². The molecule has 0 spiro atoms. The molecule has 94 valence electrons. The lowest BCUT2D eigenvalue weighted by Gasteiger charge is -2.21. The first-order chi connectivity index (χ1) is 8.26. The van der Waals surface area contributed by atoms with E-state index in [2.05, 4.69) is 4.85 Å². The van der Waals surface area contributed by atoms with Crippen molar-refractivity contribution in [3.8, 4) is 6.57 Å². The van der Waals surface area contributed by atoms with Crippen LogP contribution in [0.15, 0.2) is 23.5 Å². The van der Waals surface area contributed by atoms with Gasteiger partial charge in [0, 0.05) is 13.2 Å². The summed E-state index contributed by atoms with van der Waals surface area (Å²) in [6, 6.07) is -0.294. The SMILES string of the molecule is C#[N+]C1C(OCC)=CC(CCO)=CC1OCC. The van der Waals surface area contributed by atoms with E-state index in [9.17, 15) is 0 Å². The van der Waals surface area contributed by atoms with Crippen molar-refractivity contribution >= 4 is 0 Å². The lowest BCUT2D eigenvalue weighted by Crippen LogP contribution is -2.30. The average Bonchev–Trinajstić information content (AvgIpc) is 2.30. The van der Waals surface area contributed by atoms with E-state index < -0.39 is 0 Å². The normalized spacial score (nSPS) is 23.6. The van der Waals surface area contributed by atoms with Gasteiger partial charge in [-0.05, 0) is 38.0 Å². The van der Waals surface area contributed by atoms with Gasteiger partial charge in [0.05, 0.1) is 6.61 Å². The van der Waals surface area contributed by atoms with E-state index in [-0.39, 0.29) is 18.8 Å². The number of aliphatic hydroxyl groups excluding tert-OH is 1. The topological polar surface area (TPSA) is 43.0 Å². The van der Waals surface area contributed by atoms with Crippen LogP contribution in [0.4, 0.5) is 0 Å². The smallest absolute Gasteiger partial charge is 0.356 e. The molecule has 0 fully saturated rings. The van der Waals surface area contributed by atoms with Crippen molar-refractivity contribution in [2.24, 2.45) is 0 Å². The van der Waals surface area contributed by atoms with E-state index in [0.717, 1.165) is 5.57 Å². The van der Waals surface area contributed by atoms with Gasteiger partial charge in [0.25, 0.3) is 6.57 Å². The second-order valence-corrected chi connectivity index (χ2v) is 3.71. The molecule has 1 rings (SSSR count). The Hall–Kier alpha value is -1.31. The number of allylic oxidation sites excluding steroid dienone is 1. The summed E-state index contributed by atoms with van der Waals surface area (Å²) >= 11 is 0. The maximum absolute atomic E-state index is 8.97. The Bertz CT molecular complexity index is 341. The lowest BCUT2D eigenvalue weighted by atomic mass is 9.97. The van der Waals surface area contributed by atoms with E-state index in [1.807, 2.05) is 26.0 Å². The molecule has 0 heterocycles. The van der Waals surface area contributed by atoms with Crippen molar-refractivity contribution in [3.05, 3.63) is 28.3 Å². The average molecular weight is 238 g/mol. The third kappa shape index (κ3) is 3.58. The van der Waals surface area contributed by atoms with Crippen LogP contribution in [0.3, 0.4) is 0 Å². The number of aliphatic hydroxyl groups is 1. The molecule has 0 aliphatic heterocycles. The molecule has 1 aliphatic carbocycles. The standard InChI is InChI=1S/C13H20NO3/c1-4-16-11-8-10(6-7-15)9-12(17-5-2)13(11)14-3/h3,8-9,11,13,15H,4-7H2,1-2H3/q+1. The molecule has 1 N–H and O–H groups in total. The van der Waals surface area contributed by atoms with E-state index in [0.29, 0.717) is 25.4 Å². The van der Waals surface area contributed by atoms with Crippen LogP contribution in [0, 0.1) is 6.57 Å². The number of nitrogens with zero attached hydrogens (tertiary/aromatic N) is 1. The minimum atomic E-state index is -0.294. The summed E-state index contributed by atoms with van der Waals surface area (Å²) in [5.74, 6) is 0.708. The van der Waals surface area contributed by atoms with Crippen molar-refractivity contribution in [2.45, 2.75) is 32.4 Å². The van der Waals surface area contributed by atoms with Crippen molar-refractivity contribution in [1.29, 1.82) is 0 Å². The van der Waals surface area contributed by atoms with Crippen LogP contribution in [0.1, 0.15) is 20.3 Å². The van der Waals surface area contributed by atoms with Gasteiger partial charge in [-0.2, -0.15) is 0 Å². The predicted molar refractivity (Wildman–Crippen MR) is 67.0 cm³/mol. The first-order valence-electron chi connectivity index (χ1n) is 5.94. The van der Waals surface area contributed by atoms with Crippen molar-refractivity contribution in [2.75, 3.05) is 19.8 Å². The Morgan fingerprint density at radius 1 is 1.41 bits per heavy atom. The Morgan fingerprint density at radius 2 is 2.18 bits per heavy atom. The molecule has 0 saturated heterocycles. The van der Waals surface area contributed by atoms with Crippen LogP contribution in [0.25, 0.3) is 4.85 Å². The largest absolute Gasteiger partial charge is 0.490 e. The summed E-state index contributed by atoms with van der Waals surface area (Å²) < 4.78 is 11.1. The summed E-state index contributed by atoms with van der Waals surface area (Å²) in [6.45, 7) is 10.5. The molecular formula is C13H20NO3+.